The van der Waals surface area contributed by atoms with Crippen LogP contribution in [0.3, 0.4) is 0 Å². The molecule has 0 heterocycles. The topological polar surface area (TPSA) is 84.5 Å². The number of anilines is 1. The summed E-state index contributed by atoms with van der Waals surface area (Å²) in [5, 5.41) is 2.80. The van der Waals surface area contributed by atoms with Gasteiger partial charge in [0.2, 0.25) is 10.0 Å². The van der Waals surface area contributed by atoms with E-state index >= 15 is 0 Å². The number of carbonyl (C=O) groups is 1. The quantitative estimate of drug-likeness (QED) is 0.626. The van der Waals surface area contributed by atoms with Gasteiger partial charge in [0.05, 0.1) is 9.92 Å². The number of hydrogen-bond donors (Lipinski definition) is 2. The molecule has 0 bridgehead atoms. The Morgan fingerprint density at radius 1 is 1.23 bits per heavy atom. The molecule has 0 aromatic heterocycles. The van der Waals surface area contributed by atoms with Crippen LogP contribution >= 0.6 is 27.5 Å². The number of amides is 1. The molecule has 2 N–H and O–H groups in total. The lowest BCUT2D eigenvalue weighted by Crippen LogP contribution is -2.24. The summed E-state index contributed by atoms with van der Waals surface area (Å²) in [5.74, 6) is -0.133. The Labute approximate surface area is 166 Å². The van der Waals surface area contributed by atoms with Crippen LogP contribution in [0.2, 0.25) is 5.02 Å². The molecule has 0 radical (unpaired) electrons. The average Bonchev–Trinajstić information content (AvgIpc) is 2.59. The second kappa shape index (κ2) is 9.36. The van der Waals surface area contributed by atoms with Crippen LogP contribution in [-0.2, 0) is 14.8 Å². The van der Waals surface area contributed by atoms with Gasteiger partial charge in [-0.1, -0.05) is 40.5 Å². The number of halogens is 2. The third kappa shape index (κ3) is 5.98. The van der Waals surface area contributed by atoms with Crippen molar-refractivity contribution in [2.24, 2.45) is 0 Å². The minimum atomic E-state index is -3.61. The SMILES string of the molecule is CCCNS(=O)(=O)c1ccc(OCC(=O)Nc2cccc(Br)c2)c(Cl)c1. The normalized spacial score (nSPS) is 11.2. The molecule has 0 saturated carbocycles. The summed E-state index contributed by atoms with van der Waals surface area (Å²) in [6.07, 6.45) is 0.682. The highest BCUT2D eigenvalue weighted by molar-refractivity contribution is 9.10. The molecule has 140 valence electrons. The molecule has 1 amide bonds. The van der Waals surface area contributed by atoms with Crippen LogP contribution in [0.25, 0.3) is 0 Å². The summed E-state index contributed by atoms with van der Waals surface area (Å²) < 4.78 is 32.8. The number of sulfonamides is 1. The van der Waals surface area contributed by atoms with Crippen LogP contribution in [0.15, 0.2) is 51.8 Å². The molecule has 6 nitrogen and oxygen atoms in total. The van der Waals surface area contributed by atoms with Gasteiger partial charge >= 0.3 is 0 Å². The molecule has 2 aromatic rings. The number of hydrogen-bond acceptors (Lipinski definition) is 4. The van der Waals surface area contributed by atoms with Crippen molar-refractivity contribution in [2.75, 3.05) is 18.5 Å². The third-order valence-corrected chi connectivity index (χ3v) is 5.47. The van der Waals surface area contributed by atoms with E-state index < -0.39 is 10.0 Å². The molecular weight excluding hydrogens is 444 g/mol. The Kier molecular flexibility index (Phi) is 7.45. The summed E-state index contributed by atoms with van der Waals surface area (Å²) in [7, 11) is -3.61. The van der Waals surface area contributed by atoms with E-state index in [1.165, 1.54) is 18.2 Å². The van der Waals surface area contributed by atoms with Gasteiger partial charge in [0.15, 0.2) is 6.61 Å². The molecular formula is C17H18BrClN2O4S. The minimum absolute atomic E-state index is 0.0434. The van der Waals surface area contributed by atoms with Crippen molar-refractivity contribution in [3.8, 4) is 5.75 Å². The Bertz CT molecular complexity index is 890. The van der Waals surface area contributed by atoms with Crippen molar-refractivity contribution in [3.63, 3.8) is 0 Å². The molecule has 0 fully saturated rings. The van der Waals surface area contributed by atoms with E-state index in [2.05, 4.69) is 26.0 Å². The summed E-state index contributed by atoms with van der Waals surface area (Å²) in [6, 6.07) is 11.2. The number of ether oxygens (including phenoxy) is 1. The highest BCUT2D eigenvalue weighted by Gasteiger charge is 2.16. The van der Waals surface area contributed by atoms with Gasteiger partial charge in [0, 0.05) is 16.7 Å². The summed E-state index contributed by atoms with van der Waals surface area (Å²) in [6.45, 7) is 1.95. The number of carbonyl (C=O) groups excluding carboxylic acids is 1. The largest absolute Gasteiger partial charge is 0.482 e. The van der Waals surface area contributed by atoms with E-state index in [4.69, 9.17) is 16.3 Å². The first-order chi connectivity index (χ1) is 12.3. The third-order valence-electron chi connectivity index (χ3n) is 3.22. The Hall–Kier alpha value is -1.61. The van der Waals surface area contributed by atoms with E-state index in [0.29, 0.717) is 18.7 Å². The van der Waals surface area contributed by atoms with Gasteiger partial charge in [-0.3, -0.25) is 4.79 Å². The lowest BCUT2D eigenvalue weighted by Gasteiger charge is -2.11. The minimum Gasteiger partial charge on any atom is -0.482 e. The van der Waals surface area contributed by atoms with Crippen LogP contribution < -0.4 is 14.8 Å². The second-order valence-electron chi connectivity index (χ2n) is 5.34. The van der Waals surface area contributed by atoms with E-state index in [-0.39, 0.29) is 28.2 Å². The summed E-state index contributed by atoms with van der Waals surface area (Å²) in [5.41, 5.74) is 0.627. The van der Waals surface area contributed by atoms with Gasteiger partial charge in [0.1, 0.15) is 5.75 Å². The van der Waals surface area contributed by atoms with Gasteiger partial charge in [-0.2, -0.15) is 0 Å². The van der Waals surface area contributed by atoms with Crippen molar-refractivity contribution < 1.29 is 17.9 Å². The molecule has 0 aliphatic rings. The van der Waals surface area contributed by atoms with Crippen LogP contribution in [0, 0.1) is 0 Å². The monoisotopic (exact) mass is 460 g/mol. The second-order valence-corrected chi connectivity index (χ2v) is 8.43. The van der Waals surface area contributed by atoms with E-state index in [1.807, 2.05) is 13.0 Å². The summed E-state index contributed by atoms with van der Waals surface area (Å²) >= 11 is 9.40. The molecule has 0 atom stereocenters. The smallest absolute Gasteiger partial charge is 0.262 e. The molecule has 0 aliphatic carbocycles. The van der Waals surface area contributed by atoms with Crippen LogP contribution in [0.5, 0.6) is 5.75 Å². The van der Waals surface area contributed by atoms with Gasteiger partial charge in [-0.05, 0) is 42.8 Å². The molecule has 0 spiro atoms. The van der Waals surface area contributed by atoms with Crippen molar-refractivity contribution in [1.82, 2.24) is 4.72 Å². The standard InChI is InChI=1S/C17H18BrClN2O4S/c1-2-8-20-26(23,24)14-6-7-16(15(19)10-14)25-11-17(22)21-13-5-3-4-12(18)9-13/h3-7,9-10,20H,2,8,11H2,1H3,(H,21,22). The fraction of sp³-hybridized carbons (Fsp3) is 0.235. The lowest BCUT2D eigenvalue weighted by atomic mass is 10.3. The molecule has 0 aliphatic heterocycles. The maximum atomic E-state index is 12.1. The average molecular weight is 462 g/mol. The maximum Gasteiger partial charge on any atom is 0.262 e. The fourth-order valence-electron chi connectivity index (χ4n) is 1.99. The van der Waals surface area contributed by atoms with Crippen molar-refractivity contribution in [2.45, 2.75) is 18.2 Å². The van der Waals surface area contributed by atoms with Crippen LogP contribution in [0.1, 0.15) is 13.3 Å². The molecule has 9 heteroatoms. The predicted molar refractivity (Wildman–Crippen MR) is 105 cm³/mol. The van der Waals surface area contributed by atoms with Crippen molar-refractivity contribution in [3.05, 3.63) is 52.0 Å². The highest BCUT2D eigenvalue weighted by atomic mass is 79.9. The van der Waals surface area contributed by atoms with Gasteiger partial charge in [-0.15, -0.1) is 0 Å². The van der Waals surface area contributed by atoms with Crippen molar-refractivity contribution >= 4 is 49.1 Å². The maximum absolute atomic E-state index is 12.1. The van der Waals surface area contributed by atoms with Gasteiger partial charge < -0.3 is 10.1 Å². The summed E-state index contributed by atoms with van der Waals surface area (Å²) in [4.78, 5) is 12.0. The van der Waals surface area contributed by atoms with Crippen LogP contribution in [0.4, 0.5) is 5.69 Å². The van der Waals surface area contributed by atoms with Gasteiger partial charge in [-0.25, -0.2) is 13.1 Å². The van der Waals surface area contributed by atoms with Crippen molar-refractivity contribution in [1.29, 1.82) is 0 Å². The molecule has 2 aromatic carbocycles. The van der Waals surface area contributed by atoms with E-state index in [9.17, 15) is 13.2 Å². The van der Waals surface area contributed by atoms with E-state index in [1.54, 1.807) is 18.2 Å². The lowest BCUT2D eigenvalue weighted by molar-refractivity contribution is -0.118. The zero-order valence-electron chi connectivity index (χ0n) is 14.0. The number of rotatable bonds is 8. The highest BCUT2D eigenvalue weighted by Crippen LogP contribution is 2.27. The van der Waals surface area contributed by atoms with Gasteiger partial charge in [0.25, 0.3) is 5.91 Å². The Balaban J connectivity index is 1.98. The van der Waals surface area contributed by atoms with Crippen LogP contribution in [-0.4, -0.2) is 27.5 Å². The fourth-order valence-corrected chi connectivity index (χ4v) is 3.85. The molecule has 0 unspecified atom stereocenters. The Morgan fingerprint density at radius 2 is 2.00 bits per heavy atom. The molecule has 26 heavy (non-hydrogen) atoms. The zero-order valence-corrected chi connectivity index (χ0v) is 17.1. The molecule has 2 rings (SSSR count). The number of benzene rings is 2. The van der Waals surface area contributed by atoms with E-state index in [0.717, 1.165) is 4.47 Å². The number of nitrogens with one attached hydrogen (secondary N) is 2. The molecule has 0 saturated heterocycles. The first-order valence-corrected chi connectivity index (χ1v) is 10.4. The zero-order chi connectivity index (χ0) is 19.2. The Morgan fingerprint density at radius 3 is 2.65 bits per heavy atom. The predicted octanol–water partition coefficient (Wildman–Crippen LogP) is 3.81. The first kappa shape index (κ1) is 20.7. The first-order valence-electron chi connectivity index (χ1n) is 7.79.